The van der Waals surface area contributed by atoms with Gasteiger partial charge in [0.2, 0.25) is 11.9 Å². The fourth-order valence-electron chi connectivity index (χ4n) is 3.09. The van der Waals surface area contributed by atoms with Gasteiger partial charge in [-0.3, -0.25) is 9.35 Å². The summed E-state index contributed by atoms with van der Waals surface area (Å²) in [6, 6.07) is 12.0. The SMILES string of the molecule is CCS(=O)(=O)O.Nc1ccccc1CNc1nc(Nc2ccc3c(c2)CC(=O)N3)ncc1C(F)(F)F. The van der Waals surface area contributed by atoms with E-state index in [-0.39, 0.29) is 36.4 Å². The summed E-state index contributed by atoms with van der Waals surface area (Å²) in [5.74, 6) is -0.683. The van der Waals surface area contributed by atoms with Crippen molar-refractivity contribution in [1.82, 2.24) is 9.97 Å². The van der Waals surface area contributed by atoms with Gasteiger partial charge in [0.25, 0.3) is 10.1 Å². The third-order valence-electron chi connectivity index (χ3n) is 4.95. The number of halogens is 3. The minimum absolute atomic E-state index is 0.0104. The number of para-hydroxylation sites is 1. The second kappa shape index (κ2) is 10.8. The highest BCUT2D eigenvalue weighted by Gasteiger charge is 2.35. The van der Waals surface area contributed by atoms with Crippen molar-refractivity contribution in [3.05, 3.63) is 65.4 Å². The van der Waals surface area contributed by atoms with Gasteiger partial charge in [-0.15, -0.1) is 0 Å². The molecule has 0 radical (unpaired) electrons. The minimum Gasteiger partial charge on any atom is -0.398 e. The van der Waals surface area contributed by atoms with Crippen molar-refractivity contribution in [2.75, 3.05) is 27.4 Å². The Kier molecular flexibility index (Phi) is 8.00. The summed E-state index contributed by atoms with van der Waals surface area (Å²) >= 11 is 0. The van der Waals surface area contributed by atoms with Crippen molar-refractivity contribution in [2.45, 2.75) is 26.1 Å². The van der Waals surface area contributed by atoms with Gasteiger partial charge in [-0.25, -0.2) is 4.98 Å². The topological polar surface area (TPSA) is 159 Å². The maximum atomic E-state index is 13.4. The number of amides is 1. The summed E-state index contributed by atoms with van der Waals surface area (Å²) in [6.07, 6.45) is -3.66. The predicted octanol–water partition coefficient (Wildman–Crippen LogP) is 3.82. The molecule has 0 spiro atoms. The van der Waals surface area contributed by atoms with Crippen LogP contribution < -0.4 is 21.7 Å². The first kappa shape index (κ1) is 26.7. The van der Waals surface area contributed by atoms with Crippen LogP contribution in [-0.2, 0) is 34.1 Å². The maximum Gasteiger partial charge on any atom is 0.421 e. The fourth-order valence-corrected chi connectivity index (χ4v) is 3.09. The van der Waals surface area contributed by atoms with Crippen LogP contribution >= 0.6 is 0 Å². The molecular weight excluding hydrogens is 501 g/mol. The molecule has 1 amide bonds. The van der Waals surface area contributed by atoms with Gasteiger partial charge < -0.3 is 21.7 Å². The highest BCUT2D eigenvalue weighted by atomic mass is 32.2. The van der Waals surface area contributed by atoms with Gasteiger partial charge in [-0.2, -0.15) is 26.6 Å². The van der Waals surface area contributed by atoms with Crippen LogP contribution in [0.25, 0.3) is 0 Å². The molecule has 0 saturated heterocycles. The lowest BCUT2D eigenvalue weighted by Gasteiger charge is -2.15. The number of hydrogen-bond donors (Lipinski definition) is 5. The van der Waals surface area contributed by atoms with Crippen molar-refractivity contribution in [1.29, 1.82) is 0 Å². The zero-order valence-corrected chi connectivity index (χ0v) is 19.7. The van der Waals surface area contributed by atoms with Crippen LogP contribution in [0.3, 0.4) is 0 Å². The number of nitrogen functional groups attached to an aromatic ring is 1. The maximum absolute atomic E-state index is 13.4. The number of aromatic nitrogens is 2. The Morgan fingerprint density at radius 3 is 2.53 bits per heavy atom. The van der Waals surface area contributed by atoms with Gasteiger partial charge in [0.15, 0.2) is 0 Å². The van der Waals surface area contributed by atoms with Gasteiger partial charge in [0.05, 0.1) is 12.2 Å². The van der Waals surface area contributed by atoms with Crippen LogP contribution in [0.15, 0.2) is 48.7 Å². The summed E-state index contributed by atoms with van der Waals surface area (Å²) in [4.78, 5) is 19.3. The van der Waals surface area contributed by atoms with Gasteiger partial charge in [0, 0.05) is 29.8 Å². The smallest absolute Gasteiger partial charge is 0.398 e. The molecule has 1 aliphatic rings. The Morgan fingerprint density at radius 1 is 1.19 bits per heavy atom. The number of nitrogens with two attached hydrogens (primary N) is 1. The number of fused-ring (bicyclic) bond motifs is 1. The molecule has 4 rings (SSSR count). The Bertz CT molecular complexity index is 1370. The molecule has 0 bridgehead atoms. The number of rotatable bonds is 6. The number of benzene rings is 2. The number of carbonyl (C=O) groups excluding carboxylic acids is 1. The van der Waals surface area contributed by atoms with Gasteiger partial charge >= 0.3 is 6.18 Å². The van der Waals surface area contributed by atoms with E-state index in [1.807, 2.05) is 0 Å². The Morgan fingerprint density at radius 2 is 1.89 bits per heavy atom. The summed E-state index contributed by atoms with van der Waals surface area (Å²) in [6.45, 7) is 1.44. The molecule has 0 saturated carbocycles. The van der Waals surface area contributed by atoms with E-state index in [9.17, 15) is 26.4 Å². The molecule has 36 heavy (non-hydrogen) atoms. The Labute approximate surface area is 204 Å². The normalized spacial score (nSPS) is 12.8. The van der Waals surface area contributed by atoms with Gasteiger partial charge in [0.1, 0.15) is 11.4 Å². The molecular formula is C22H23F3N6O4S. The lowest BCUT2D eigenvalue weighted by Crippen LogP contribution is -2.14. The van der Waals surface area contributed by atoms with Gasteiger partial charge in [-0.05, 0) is 42.3 Å². The lowest BCUT2D eigenvalue weighted by molar-refractivity contribution is -0.137. The second-order valence-electron chi connectivity index (χ2n) is 7.60. The Hall–Kier alpha value is -3.91. The summed E-state index contributed by atoms with van der Waals surface area (Å²) in [5, 5.41) is 8.30. The van der Waals surface area contributed by atoms with Crippen LogP contribution in [0, 0.1) is 0 Å². The van der Waals surface area contributed by atoms with E-state index in [2.05, 4.69) is 25.9 Å². The zero-order chi connectivity index (χ0) is 26.5. The van der Waals surface area contributed by atoms with Crippen LogP contribution in [0.4, 0.5) is 42.0 Å². The monoisotopic (exact) mass is 524 g/mol. The fraction of sp³-hybridized carbons (Fsp3) is 0.227. The number of alkyl halides is 3. The van der Waals surface area contributed by atoms with E-state index < -0.39 is 21.9 Å². The number of nitrogens with zero attached hydrogens (tertiary/aromatic N) is 2. The highest BCUT2D eigenvalue weighted by molar-refractivity contribution is 7.85. The molecule has 14 heteroatoms. The van der Waals surface area contributed by atoms with E-state index in [4.69, 9.17) is 10.3 Å². The van der Waals surface area contributed by atoms with Gasteiger partial charge in [-0.1, -0.05) is 18.2 Å². The lowest BCUT2D eigenvalue weighted by atomic mass is 10.1. The van der Waals surface area contributed by atoms with E-state index in [0.29, 0.717) is 22.6 Å². The molecule has 192 valence electrons. The standard InChI is InChI=1S/C20H17F3N6O.C2H6O3S/c21-20(22,23)14-10-26-19(27-13-5-6-16-12(7-13)8-17(30)28-16)29-18(14)25-9-11-3-1-2-4-15(11)24;1-2-6(3,4)5/h1-7,10H,8-9,24H2,(H,28,30)(H2,25,26,27,29);2H2,1H3,(H,3,4,5). The quantitative estimate of drug-likeness (QED) is 0.239. The molecule has 0 aliphatic carbocycles. The number of carbonyl (C=O) groups is 1. The van der Waals surface area contributed by atoms with Crippen molar-refractivity contribution < 1.29 is 30.9 Å². The molecule has 1 aromatic heterocycles. The van der Waals surface area contributed by atoms with E-state index in [1.54, 1.807) is 42.5 Å². The minimum atomic E-state index is -4.62. The van der Waals surface area contributed by atoms with Crippen molar-refractivity contribution in [3.63, 3.8) is 0 Å². The summed E-state index contributed by atoms with van der Waals surface area (Å²) in [5.41, 5.74) is 8.05. The molecule has 3 aromatic rings. The number of hydrogen-bond acceptors (Lipinski definition) is 8. The Balaban J connectivity index is 0.000000538. The predicted molar refractivity (Wildman–Crippen MR) is 129 cm³/mol. The first-order chi connectivity index (χ1) is 16.9. The average molecular weight is 525 g/mol. The zero-order valence-electron chi connectivity index (χ0n) is 18.9. The van der Waals surface area contributed by atoms with Crippen molar-refractivity contribution >= 4 is 44.9 Å². The molecule has 6 N–H and O–H groups in total. The second-order valence-corrected chi connectivity index (χ2v) is 9.34. The third-order valence-corrected chi connectivity index (χ3v) is 5.68. The van der Waals surface area contributed by atoms with Crippen LogP contribution in [0.1, 0.15) is 23.6 Å². The molecule has 2 aromatic carbocycles. The third kappa shape index (κ3) is 7.29. The first-order valence-corrected chi connectivity index (χ1v) is 12.1. The molecule has 10 nitrogen and oxygen atoms in total. The van der Waals surface area contributed by atoms with E-state index in [1.165, 1.54) is 6.92 Å². The van der Waals surface area contributed by atoms with Crippen LogP contribution in [-0.4, -0.2) is 34.6 Å². The van der Waals surface area contributed by atoms with Crippen LogP contribution in [0.5, 0.6) is 0 Å². The van der Waals surface area contributed by atoms with Crippen molar-refractivity contribution in [3.8, 4) is 0 Å². The van der Waals surface area contributed by atoms with E-state index in [0.717, 1.165) is 11.8 Å². The molecule has 2 heterocycles. The van der Waals surface area contributed by atoms with E-state index >= 15 is 0 Å². The molecule has 0 fully saturated rings. The largest absolute Gasteiger partial charge is 0.421 e. The molecule has 1 aliphatic heterocycles. The highest BCUT2D eigenvalue weighted by Crippen LogP contribution is 2.35. The summed E-state index contributed by atoms with van der Waals surface area (Å²) in [7, 11) is -3.66. The number of anilines is 5. The first-order valence-electron chi connectivity index (χ1n) is 10.5. The molecule has 0 unspecified atom stereocenters. The molecule has 0 atom stereocenters. The average Bonchev–Trinajstić information content (AvgIpc) is 3.17. The number of nitrogens with one attached hydrogen (secondary N) is 3. The summed E-state index contributed by atoms with van der Waals surface area (Å²) < 4.78 is 67.1. The van der Waals surface area contributed by atoms with Crippen LogP contribution in [0.2, 0.25) is 0 Å². The van der Waals surface area contributed by atoms with Crippen molar-refractivity contribution in [2.24, 2.45) is 0 Å².